The molecular weight excluding hydrogens is 274 g/mol. The van der Waals surface area contributed by atoms with E-state index in [1.807, 2.05) is 24.3 Å². The van der Waals surface area contributed by atoms with Crippen molar-refractivity contribution in [3.05, 3.63) is 29.8 Å². The zero-order chi connectivity index (χ0) is 15.0. The summed E-state index contributed by atoms with van der Waals surface area (Å²) in [5.74, 6) is -0.524. The molecule has 5 heteroatoms. The molecule has 1 heterocycles. The Morgan fingerprint density at radius 3 is 2.25 bits per heavy atom. The first kappa shape index (κ1) is 15.0. The number of hydrogen-bond acceptors (Lipinski definition) is 3. The first-order valence-electron chi connectivity index (χ1n) is 6.79. The molecule has 0 bridgehead atoms. The van der Waals surface area contributed by atoms with Crippen molar-refractivity contribution in [1.82, 2.24) is 0 Å². The summed E-state index contributed by atoms with van der Waals surface area (Å²) in [7, 11) is -3.02. The summed E-state index contributed by atoms with van der Waals surface area (Å²) in [4.78, 5) is 12.0. The van der Waals surface area contributed by atoms with Gasteiger partial charge in [-0.1, -0.05) is 32.9 Å². The third-order valence-corrected chi connectivity index (χ3v) is 5.39. The first-order valence-corrected chi connectivity index (χ1v) is 8.61. The molecule has 1 aromatic rings. The molecule has 110 valence electrons. The molecule has 1 amide bonds. The minimum absolute atomic E-state index is 0.0289. The number of benzene rings is 1. The number of hydrogen-bond donors (Lipinski definition) is 1. The van der Waals surface area contributed by atoms with Gasteiger partial charge in [-0.25, -0.2) is 8.42 Å². The lowest BCUT2D eigenvalue weighted by molar-refractivity contribution is -0.119. The quantitative estimate of drug-likeness (QED) is 0.911. The summed E-state index contributed by atoms with van der Waals surface area (Å²) in [5, 5.41) is 2.80. The number of sulfone groups is 1. The minimum Gasteiger partial charge on any atom is -0.326 e. The van der Waals surface area contributed by atoms with Crippen molar-refractivity contribution in [3.8, 4) is 0 Å². The van der Waals surface area contributed by atoms with Crippen LogP contribution in [-0.4, -0.2) is 25.8 Å². The summed E-state index contributed by atoms with van der Waals surface area (Å²) in [6.45, 7) is 6.39. The molecule has 0 aromatic heterocycles. The van der Waals surface area contributed by atoms with Gasteiger partial charge < -0.3 is 5.32 Å². The largest absolute Gasteiger partial charge is 0.326 e. The number of carbonyl (C=O) groups is 1. The van der Waals surface area contributed by atoms with Crippen molar-refractivity contribution in [2.45, 2.75) is 32.6 Å². The highest BCUT2D eigenvalue weighted by Gasteiger charge is 2.32. The van der Waals surface area contributed by atoms with E-state index in [0.717, 1.165) is 0 Å². The molecule has 1 N–H and O–H groups in total. The molecule has 1 aromatic carbocycles. The second-order valence-electron chi connectivity index (χ2n) is 6.42. The van der Waals surface area contributed by atoms with Crippen molar-refractivity contribution in [2.75, 3.05) is 16.8 Å². The predicted molar refractivity (Wildman–Crippen MR) is 80.5 cm³/mol. The Balaban J connectivity index is 2.02. The smallest absolute Gasteiger partial charge is 0.228 e. The van der Waals surface area contributed by atoms with Gasteiger partial charge >= 0.3 is 0 Å². The van der Waals surface area contributed by atoms with E-state index in [0.29, 0.717) is 12.1 Å². The van der Waals surface area contributed by atoms with Crippen LogP contribution in [-0.2, 0) is 20.0 Å². The highest BCUT2D eigenvalue weighted by Crippen LogP contribution is 2.24. The molecule has 0 spiro atoms. The van der Waals surface area contributed by atoms with Gasteiger partial charge in [-0.15, -0.1) is 0 Å². The van der Waals surface area contributed by atoms with Crippen molar-refractivity contribution in [3.63, 3.8) is 0 Å². The highest BCUT2D eigenvalue weighted by molar-refractivity contribution is 7.91. The lowest BCUT2D eigenvalue weighted by Gasteiger charge is -2.19. The maximum absolute atomic E-state index is 12.0. The highest BCUT2D eigenvalue weighted by atomic mass is 32.2. The Hall–Kier alpha value is -1.36. The molecule has 0 radical (unpaired) electrons. The molecule has 0 unspecified atom stereocenters. The molecule has 1 fully saturated rings. The van der Waals surface area contributed by atoms with Crippen LogP contribution in [0.15, 0.2) is 24.3 Å². The van der Waals surface area contributed by atoms with Crippen LogP contribution in [0.1, 0.15) is 32.8 Å². The number of carbonyl (C=O) groups excluding carboxylic acids is 1. The fourth-order valence-electron chi connectivity index (χ4n) is 2.30. The number of nitrogens with one attached hydrogen (secondary N) is 1. The fourth-order valence-corrected chi connectivity index (χ4v) is 4.04. The molecule has 20 heavy (non-hydrogen) atoms. The maximum Gasteiger partial charge on any atom is 0.228 e. The third-order valence-electron chi connectivity index (χ3n) is 3.62. The van der Waals surface area contributed by atoms with Gasteiger partial charge in [-0.2, -0.15) is 0 Å². The van der Waals surface area contributed by atoms with Crippen LogP contribution in [0.3, 0.4) is 0 Å². The summed E-state index contributed by atoms with van der Waals surface area (Å²) >= 11 is 0. The summed E-state index contributed by atoms with van der Waals surface area (Å²) < 4.78 is 22.7. The Morgan fingerprint density at radius 2 is 1.80 bits per heavy atom. The van der Waals surface area contributed by atoms with Crippen molar-refractivity contribution in [2.24, 2.45) is 5.92 Å². The van der Waals surface area contributed by atoms with E-state index in [9.17, 15) is 13.2 Å². The SMILES string of the molecule is CC(C)(C)c1ccc(NC(=O)[C@@H]2CCS(=O)(=O)C2)cc1. The Morgan fingerprint density at radius 1 is 1.20 bits per heavy atom. The molecule has 4 nitrogen and oxygen atoms in total. The summed E-state index contributed by atoms with van der Waals surface area (Å²) in [6.07, 6.45) is 0.425. The van der Waals surface area contributed by atoms with Gasteiger partial charge in [-0.3, -0.25) is 4.79 Å². The van der Waals surface area contributed by atoms with Gasteiger partial charge in [0.25, 0.3) is 0 Å². The van der Waals surface area contributed by atoms with E-state index in [1.165, 1.54) is 5.56 Å². The van der Waals surface area contributed by atoms with Crippen molar-refractivity contribution >= 4 is 21.4 Å². The minimum atomic E-state index is -3.02. The van der Waals surface area contributed by atoms with Crippen LogP contribution in [0.5, 0.6) is 0 Å². The van der Waals surface area contributed by atoms with Crippen LogP contribution in [0.25, 0.3) is 0 Å². The van der Waals surface area contributed by atoms with Crippen LogP contribution >= 0.6 is 0 Å². The number of rotatable bonds is 2. The van der Waals surface area contributed by atoms with E-state index in [2.05, 4.69) is 26.1 Å². The van der Waals surface area contributed by atoms with Gasteiger partial charge in [0.2, 0.25) is 5.91 Å². The first-order chi connectivity index (χ1) is 9.17. The molecule has 1 aliphatic rings. The van der Waals surface area contributed by atoms with Crippen molar-refractivity contribution < 1.29 is 13.2 Å². The van der Waals surface area contributed by atoms with Gasteiger partial charge in [0, 0.05) is 5.69 Å². The molecule has 1 atom stereocenters. The van der Waals surface area contributed by atoms with E-state index < -0.39 is 15.8 Å². The van der Waals surface area contributed by atoms with Gasteiger partial charge in [0.1, 0.15) is 0 Å². The topological polar surface area (TPSA) is 63.2 Å². The maximum atomic E-state index is 12.0. The predicted octanol–water partition coefficient (Wildman–Crippen LogP) is 2.36. The van der Waals surface area contributed by atoms with Crippen LogP contribution in [0.4, 0.5) is 5.69 Å². The van der Waals surface area contributed by atoms with E-state index in [4.69, 9.17) is 0 Å². The Labute approximate surface area is 120 Å². The van der Waals surface area contributed by atoms with Gasteiger partial charge in [0.15, 0.2) is 9.84 Å². The Bertz CT molecular complexity index is 597. The average molecular weight is 295 g/mol. The van der Waals surface area contributed by atoms with Crippen LogP contribution in [0.2, 0.25) is 0 Å². The zero-order valence-corrected chi connectivity index (χ0v) is 13.0. The molecular formula is C15H21NO3S. The average Bonchev–Trinajstić information content (AvgIpc) is 2.69. The molecule has 0 aliphatic carbocycles. The zero-order valence-electron chi connectivity index (χ0n) is 12.1. The third kappa shape index (κ3) is 3.60. The Kier molecular flexibility index (Phi) is 3.91. The molecule has 2 rings (SSSR count). The lowest BCUT2D eigenvalue weighted by Crippen LogP contribution is -2.23. The number of anilines is 1. The molecule has 1 aliphatic heterocycles. The lowest BCUT2D eigenvalue weighted by atomic mass is 9.87. The standard InChI is InChI=1S/C15H21NO3S/c1-15(2,3)12-4-6-13(7-5-12)16-14(17)11-8-9-20(18,19)10-11/h4-7,11H,8-10H2,1-3H3,(H,16,17)/t11-/m1/s1. The molecule has 0 saturated carbocycles. The second kappa shape index (κ2) is 5.20. The monoisotopic (exact) mass is 295 g/mol. The number of amides is 1. The molecule has 1 saturated heterocycles. The summed E-state index contributed by atoms with van der Waals surface area (Å²) in [6, 6.07) is 7.70. The van der Waals surface area contributed by atoms with E-state index in [-0.39, 0.29) is 22.8 Å². The van der Waals surface area contributed by atoms with E-state index >= 15 is 0 Å². The summed E-state index contributed by atoms with van der Waals surface area (Å²) in [5.41, 5.74) is 1.98. The van der Waals surface area contributed by atoms with E-state index in [1.54, 1.807) is 0 Å². The van der Waals surface area contributed by atoms with Gasteiger partial charge in [-0.05, 0) is 29.5 Å². The van der Waals surface area contributed by atoms with Crippen LogP contribution in [0, 0.1) is 5.92 Å². The van der Waals surface area contributed by atoms with Crippen molar-refractivity contribution in [1.29, 1.82) is 0 Å². The second-order valence-corrected chi connectivity index (χ2v) is 8.65. The van der Waals surface area contributed by atoms with Gasteiger partial charge in [0.05, 0.1) is 17.4 Å². The fraction of sp³-hybridized carbons (Fsp3) is 0.533. The van der Waals surface area contributed by atoms with Crippen LogP contribution < -0.4 is 5.32 Å². The normalized spacial score (nSPS) is 21.6.